The molecule has 7 nitrogen and oxygen atoms in total. The molecule has 0 radical (unpaired) electrons. The van der Waals surface area contributed by atoms with E-state index in [1.807, 2.05) is 0 Å². The van der Waals surface area contributed by atoms with Crippen LogP contribution in [0.1, 0.15) is 30.2 Å². The second kappa shape index (κ2) is 9.01. The molecule has 2 aromatic heterocycles. The van der Waals surface area contributed by atoms with Crippen LogP contribution in [0.25, 0.3) is 10.2 Å². The molecule has 9 heteroatoms. The molecule has 0 spiro atoms. The number of hydrogen-bond acceptors (Lipinski definition) is 7. The Bertz CT molecular complexity index is 1110. The van der Waals surface area contributed by atoms with Gasteiger partial charge in [-0.25, -0.2) is 9.97 Å². The molecule has 4 rings (SSSR count). The number of thiophene rings is 1. The maximum atomic E-state index is 12.6. The molecule has 0 fully saturated rings. The van der Waals surface area contributed by atoms with Crippen molar-refractivity contribution in [2.24, 2.45) is 0 Å². The highest BCUT2D eigenvalue weighted by Crippen LogP contribution is 2.39. The molecule has 156 valence electrons. The highest BCUT2D eigenvalue weighted by atomic mass is 32.2. The number of carbonyl (C=O) groups is 2. The summed E-state index contributed by atoms with van der Waals surface area (Å²) in [6.07, 6.45) is 6.13. The third-order valence-electron chi connectivity index (χ3n) is 4.85. The zero-order chi connectivity index (χ0) is 21.1. The maximum Gasteiger partial charge on any atom is 0.234 e. The number of ether oxygens (including phenoxy) is 1. The smallest absolute Gasteiger partial charge is 0.234 e. The van der Waals surface area contributed by atoms with E-state index < -0.39 is 0 Å². The number of thioether (sulfide) groups is 1. The first kappa shape index (κ1) is 20.6. The van der Waals surface area contributed by atoms with Crippen LogP contribution in [0.5, 0.6) is 5.75 Å². The van der Waals surface area contributed by atoms with Crippen LogP contribution in [0, 0.1) is 0 Å². The van der Waals surface area contributed by atoms with Crippen molar-refractivity contribution in [1.82, 2.24) is 9.97 Å². The molecule has 2 N–H and O–H groups in total. The predicted molar refractivity (Wildman–Crippen MR) is 121 cm³/mol. The van der Waals surface area contributed by atoms with Crippen molar-refractivity contribution < 1.29 is 14.3 Å². The number of methoxy groups -OCH3 is 1. The van der Waals surface area contributed by atoms with Gasteiger partial charge in [0, 0.05) is 22.9 Å². The molecular formula is C21H22N4O3S2. The summed E-state index contributed by atoms with van der Waals surface area (Å²) in [5.74, 6) is 0.386. The Hall–Kier alpha value is -2.65. The van der Waals surface area contributed by atoms with Crippen LogP contribution in [0.4, 0.5) is 11.4 Å². The standard InChI is InChI=1S/C21H22N4O3S2/c1-12(26)24-13-7-8-16(28-2)15(9-13)25-18(27)10-29-20-19-14-5-3-4-6-17(14)30-21(19)23-11-22-20/h7-9,11H,3-6,10H2,1-2H3,(H,24,26)(H,25,27). The number of nitrogens with zero attached hydrogens (tertiary/aromatic N) is 2. The zero-order valence-electron chi connectivity index (χ0n) is 16.8. The third-order valence-corrected chi connectivity index (χ3v) is 7.04. The largest absolute Gasteiger partial charge is 0.495 e. The summed E-state index contributed by atoms with van der Waals surface area (Å²) in [7, 11) is 1.54. The summed E-state index contributed by atoms with van der Waals surface area (Å²) < 4.78 is 5.32. The van der Waals surface area contributed by atoms with Gasteiger partial charge < -0.3 is 15.4 Å². The fourth-order valence-electron chi connectivity index (χ4n) is 3.58. The van der Waals surface area contributed by atoms with Gasteiger partial charge in [-0.1, -0.05) is 11.8 Å². The zero-order valence-corrected chi connectivity index (χ0v) is 18.4. The number of nitrogens with one attached hydrogen (secondary N) is 2. The summed E-state index contributed by atoms with van der Waals surface area (Å²) in [5.41, 5.74) is 2.46. The minimum atomic E-state index is -0.181. The Labute approximate surface area is 182 Å². The first-order valence-corrected chi connectivity index (χ1v) is 11.5. The molecule has 2 amide bonds. The summed E-state index contributed by atoms with van der Waals surface area (Å²) in [6.45, 7) is 1.44. The number of carbonyl (C=O) groups excluding carboxylic acids is 2. The van der Waals surface area contributed by atoms with E-state index in [1.165, 1.54) is 49.1 Å². The van der Waals surface area contributed by atoms with Gasteiger partial charge in [0.25, 0.3) is 0 Å². The summed E-state index contributed by atoms with van der Waals surface area (Å²) in [4.78, 5) is 35.2. The molecular weight excluding hydrogens is 420 g/mol. The predicted octanol–water partition coefficient (Wildman–Crippen LogP) is 4.27. The van der Waals surface area contributed by atoms with Crippen molar-refractivity contribution in [3.63, 3.8) is 0 Å². The second-order valence-electron chi connectivity index (χ2n) is 7.00. The van der Waals surface area contributed by atoms with Crippen molar-refractivity contribution in [2.45, 2.75) is 37.6 Å². The van der Waals surface area contributed by atoms with Crippen LogP contribution in [0.15, 0.2) is 29.6 Å². The van der Waals surface area contributed by atoms with Gasteiger partial charge in [-0.3, -0.25) is 9.59 Å². The first-order chi connectivity index (χ1) is 14.5. The van der Waals surface area contributed by atoms with Gasteiger partial charge in [0.1, 0.15) is 21.9 Å². The van der Waals surface area contributed by atoms with Gasteiger partial charge in [0.15, 0.2) is 0 Å². The van der Waals surface area contributed by atoms with Gasteiger partial charge >= 0.3 is 0 Å². The molecule has 0 atom stereocenters. The van der Waals surface area contributed by atoms with E-state index in [1.54, 1.807) is 35.9 Å². The molecule has 0 aliphatic heterocycles. The molecule has 0 saturated carbocycles. The van der Waals surface area contributed by atoms with Crippen molar-refractivity contribution in [3.05, 3.63) is 35.0 Å². The lowest BCUT2D eigenvalue weighted by Gasteiger charge is -2.13. The fraction of sp³-hybridized carbons (Fsp3) is 0.333. The van der Waals surface area contributed by atoms with Crippen molar-refractivity contribution in [3.8, 4) is 5.75 Å². The Kier molecular flexibility index (Phi) is 6.19. The average Bonchev–Trinajstić information content (AvgIpc) is 3.11. The molecule has 0 unspecified atom stereocenters. The van der Waals surface area contributed by atoms with Crippen LogP contribution in [0.2, 0.25) is 0 Å². The van der Waals surface area contributed by atoms with Gasteiger partial charge in [-0.05, 0) is 49.4 Å². The number of amides is 2. The highest BCUT2D eigenvalue weighted by molar-refractivity contribution is 8.00. The minimum absolute atomic E-state index is 0.172. The number of aryl methyl sites for hydroxylation is 2. The van der Waals surface area contributed by atoms with Gasteiger partial charge in [-0.2, -0.15) is 0 Å². The quantitative estimate of drug-likeness (QED) is 0.437. The van der Waals surface area contributed by atoms with Crippen LogP contribution in [0.3, 0.4) is 0 Å². The Morgan fingerprint density at radius 3 is 2.83 bits per heavy atom. The minimum Gasteiger partial charge on any atom is -0.495 e. The van der Waals surface area contributed by atoms with Crippen molar-refractivity contribution in [1.29, 1.82) is 0 Å². The SMILES string of the molecule is COc1ccc(NC(C)=O)cc1NC(=O)CSc1ncnc2sc3c(c12)CCCC3. The number of aromatic nitrogens is 2. The van der Waals surface area contributed by atoms with E-state index in [2.05, 4.69) is 20.6 Å². The van der Waals surface area contributed by atoms with Gasteiger partial charge in [0.2, 0.25) is 11.8 Å². The summed E-state index contributed by atoms with van der Waals surface area (Å²) >= 11 is 3.16. The van der Waals surface area contributed by atoms with E-state index in [9.17, 15) is 9.59 Å². The lowest BCUT2D eigenvalue weighted by molar-refractivity contribution is -0.114. The molecule has 1 aliphatic carbocycles. The highest BCUT2D eigenvalue weighted by Gasteiger charge is 2.20. The van der Waals surface area contributed by atoms with Crippen molar-refractivity contribution in [2.75, 3.05) is 23.5 Å². The van der Waals surface area contributed by atoms with E-state index in [0.29, 0.717) is 17.1 Å². The van der Waals surface area contributed by atoms with E-state index in [4.69, 9.17) is 4.74 Å². The Morgan fingerprint density at radius 1 is 1.20 bits per heavy atom. The van der Waals surface area contributed by atoms with Gasteiger partial charge in [-0.15, -0.1) is 11.3 Å². The third kappa shape index (κ3) is 4.41. The lowest BCUT2D eigenvalue weighted by Crippen LogP contribution is -2.15. The van der Waals surface area contributed by atoms with E-state index in [-0.39, 0.29) is 17.6 Å². The average molecular weight is 443 g/mol. The number of anilines is 2. The first-order valence-electron chi connectivity index (χ1n) is 9.68. The number of rotatable bonds is 6. The Balaban J connectivity index is 1.49. The number of fused-ring (bicyclic) bond motifs is 3. The summed E-state index contributed by atoms with van der Waals surface area (Å²) in [6, 6.07) is 5.11. The topological polar surface area (TPSA) is 93.2 Å². The van der Waals surface area contributed by atoms with Crippen molar-refractivity contribution >= 4 is 56.5 Å². The number of hydrogen-bond donors (Lipinski definition) is 2. The molecule has 0 bridgehead atoms. The second-order valence-corrected chi connectivity index (χ2v) is 9.05. The molecule has 1 aromatic carbocycles. The van der Waals surface area contributed by atoms with Crippen LogP contribution >= 0.6 is 23.1 Å². The summed E-state index contributed by atoms with van der Waals surface area (Å²) in [5, 5.41) is 7.55. The monoisotopic (exact) mass is 442 g/mol. The normalized spacial score (nSPS) is 13.0. The molecule has 1 aliphatic rings. The molecule has 30 heavy (non-hydrogen) atoms. The van der Waals surface area contributed by atoms with E-state index in [0.717, 1.165) is 28.1 Å². The van der Waals surface area contributed by atoms with Crippen LogP contribution in [-0.2, 0) is 22.4 Å². The molecule has 0 saturated heterocycles. The lowest BCUT2D eigenvalue weighted by atomic mass is 9.97. The molecule has 2 heterocycles. The van der Waals surface area contributed by atoms with Crippen LogP contribution in [-0.4, -0.2) is 34.6 Å². The fourth-order valence-corrected chi connectivity index (χ4v) is 5.70. The van der Waals surface area contributed by atoms with Crippen LogP contribution < -0.4 is 15.4 Å². The number of benzene rings is 1. The molecule has 3 aromatic rings. The Morgan fingerprint density at radius 2 is 2.03 bits per heavy atom. The maximum absolute atomic E-state index is 12.6. The van der Waals surface area contributed by atoms with Gasteiger partial charge in [0.05, 0.1) is 18.6 Å². The van der Waals surface area contributed by atoms with E-state index >= 15 is 0 Å².